The van der Waals surface area contributed by atoms with Crippen LogP contribution in [0.1, 0.15) is 110 Å². The van der Waals surface area contributed by atoms with Crippen molar-refractivity contribution in [1.82, 2.24) is 0 Å². The molecule has 0 aromatic heterocycles. The van der Waals surface area contributed by atoms with Gasteiger partial charge in [0.1, 0.15) is 6.10 Å². The van der Waals surface area contributed by atoms with Crippen molar-refractivity contribution in [2.45, 2.75) is 116 Å². The number of quaternary nitrogens is 1. The Balaban J connectivity index is 2.02. The Bertz CT molecular complexity index is 544. The fraction of sp³-hybridized carbons (Fsp3) is 0.963. The minimum absolute atomic E-state index is 0.116. The van der Waals surface area contributed by atoms with Crippen LogP contribution in [0.2, 0.25) is 0 Å². The summed E-state index contributed by atoms with van der Waals surface area (Å²) in [6.07, 6.45) is 19.2. The summed E-state index contributed by atoms with van der Waals surface area (Å²) in [6.45, 7) is 8.20. The third kappa shape index (κ3) is 19.3. The largest absolute Gasteiger partial charge is 0.460 e. The molecule has 0 amide bonds. The van der Waals surface area contributed by atoms with Crippen molar-refractivity contribution in [2.24, 2.45) is 5.92 Å². The predicted octanol–water partition coefficient (Wildman–Crippen LogP) is 5.15. The molecule has 3 unspecified atom stereocenters. The minimum atomic E-state index is -3.68. The van der Waals surface area contributed by atoms with Crippen molar-refractivity contribution in [3.8, 4) is 0 Å². The second-order valence-electron chi connectivity index (χ2n) is 10.5. The van der Waals surface area contributed by atoms with Gasteiger partial charge in [0.05, 0.1) is 39.0 Å². The summed E-state index contributed by atoms with van der Waals surface area (Å²) in [7, 11) is -3.68. The highest BCUT2D eigenvalue weighted by atomic mass is 31.2. The molecule has 1 fully saturated rings. The fourth-order valence-electron chi connectivity index (χ4n) is 4.71. The van der Waals surface area contributed by atoms with Crippen LogP contribution >= 0.6 is 7.60 Å². The zero-order valence-corrected chi connectivity index (χ0v) is 23.6. The van der Waals surface area contributed by atoms with E-state index < -0.39 is 13.7 Å². The Kier molecular flexibility index (Phi) is 20.1. The van der Waals surface area contributed by atoms with Crippen LogP contribution in [0.25, 0.3) is 0 Å². The monoisotopic (exact) mass is 520 g/mol. The van der Waals surface area contributed by atoms with Gasteiger partial charge in [-0.15, -0.1) is 0 Å². The van der Waals surface area contributed by atoms with E-state index in [4.69, 9.17) is 14.0 Å². The van der Waals surface area contributed by atoms with Crippen molar-refractivity contribution in [1.29, 1.82) is 0 Å². The fourth-order valence-corrected chi connectivity index (χ4v) is 5.84. The molecule has 1 rings (SSSR count). The van der Waals surface area contributed by atoms with Gasteiger partial charge in [0.15, 0.2) is 0 Å². The van der Waals surface area contributed by atoms with E-state index in [9.17, 15) is 14.3 Å². The number of nitrogens with one attached hydrogen (secondary N) is 1. The number of carbonyl (C=O) groups is 1. The van der Waals surface area contributed by atoms with Crippen LogP contribution in [-0.4, -0.2) is 63.1 Å². The molecule has 3 atom stereocenters. The van der Waals surface area contributed by atoms with Crippen molar-refractivity contribution < 1.29 is 33.2 Å². The lowest BCUT2D eigenvalue weighted by Gasteiger charge is -2.20. The maximum absolute atomic E-state index is 12.3. The molecule has 0 spiro atoms. The summed E-state index contributed by atoms with van der Waals surface area (Å²) in [6, 6.07) is 0. The summed E-state index contributed by atoms with van der Waals surface area (Å²) in [4.78, 5) is 22.2. The maximum atomic E-state index is 12.3. The number of hydrogen-bond donors (Lipinski definition) is 2. The lowest BCUT2D eigenvalue weighted by atomic mass is 10.0. The molecule has 0 bridgehead atoms. The highest BCUT2D eigenvalue weighted by Gasteiger charge is 2.26. The van der Waals surface area contributed by atoms with Crippen molar-refractivity contribution in [3.63, 3.8) is 0 Å². The van der Waals surface area contributed by atoms with Gasteiger partial charge in [-0.05, 0) is 12.3 Å². The second kappa shape index (κ2) is 21.6. The quantitative estimate of drug-likeness (QED) is 0.0983. The Morgan fingerprint density at radius 1 is 0.886 bits per heavy atom. The highest BCUT2D eigenvalue weighted by Crippen LogP contribution is 2.41. The van der Waals surface area contributed by atoms with Gasteiger partial charge in [0, 0.05) is 19.4 Å². The average molecular weight is 521 g/mol. The molecule has 2 N–H and O–H groups in total. The maximum Gasteiger partial charge on any atom is 0.333 e. The van der Waals surface area contributed by atoms with E-state index in [1.165, 1.54) is 94.8 Å². The molecule has 1 aliphatic heterocycles. The van der Waals surface area contributed by atoms with E-state index in [-0.39, 0.29) is 19.4 Å². The van der Waals surface area contributed by atoms with Crippen LogP contribution in [0.3, 0.4) is 0 Å². The van der Waals surface area contributed by atoms with Gasteiger partial charge < -0.3 is 23.8 Å². The lowest BCUT2D eigenvalue weighted by Crippen LogP contribution is -3.10. The van der Waals surface area contributed by atoms with Crippen LogP contribution in [0, 0.1) is 5.92 Å². The number of unbranched alkanes of at least 4 members (excludes halogenated alkanes) is 11. The summed E-state index contributed by atoms with van der Waals surface area (Å²) in [5, 5.41) is 0. The second-order valence-corrected chi connectivity index (χ2v) is 12.5. The molecule has 0 saturated carbocycles. The number of likely N-dealkylation sites (tertiary alicyclic amines) is 1. The van der Waals surface area contributed by atoms with Crippen LogP contribution < -0.4 is 4.90 Å². The molecular formula is C27H55NO6P+. The third-order valence-corrected chi connectivity index (χ3v) is 8.37. The van der Waals surface area contributed by atoms with Crippen molar-refractivity contribution in [2.75, 3.05) is 45.6 Å². The van der Waals surface area contributed by atoms with E-state index in [2.05, 4.69) is 13.8 Å². The Morgan fingerprint density at radius 2 is 1.46 bits per heavy atom. The molecule has 1 saturated heterocycles. The van der Waals surface area contributed by atoms with E-state index in [0.29, 0.717) is 25.5 Å². The number of rotatable bonds is 25. The normalized spacial score (nSPS) is 17.8. The number of ether oxygens (including phenoxy) is 2. The third-order valence-electron chi connectivity index (χ3n) is 7.03. The minimum Gasteiger partial charge on any atom is -0.460 e. The first-order valence-electron chi connectivity index (χ1n) is 14.4. The van der Waals surface area contributed by atoms with Crippen LogP contribution in [0.4, 0.5) is 0 Å². The van der Waals surface area contributed by atoms with Gasteiger partial charge in [-0.2, -0.15) is 0 Å². The smallest absolute Gasteiger partial charge is 0.333 e. The zero-order valence-electron chi connectivity index (χ0n) is 22.7. The van der Waals surface area contributed by atoms with Gasteiger partial charge in [-0.3, -0.25) is 9.36 Å². The van der Waals surface area contributed by atoms with Gasteiger partial charge in [0.25, 0.3) is 6.47 Å². The molecule has 35 heavy (non-hydrogen) atoms. The molecule has 0 aromatic carbocycles. The van der Waals surface area contributed by atoms with Gasteiger partial charge in [-0.1, -0.05) is 90.9 Å². The summed E-state index contributed by atoms with van der Waals surface area (Å²) >= 11 is 0. The first-order chi connectivity index (χ1) is 17.0. The highest BCUT2D eigenvalue weighted by molar-refractivity contribution is 7.52. The Hall–Kier alpha value is -0.460. The molecule has 208 valence electrons. The van der Waals surface area contributed by atoms with E-state index >= 15 is 0 Å². The predicted molar refractivity (Wildman–Crippen MR) is 142 cm³/mol. The molecule has 7 nitrogen and oxygen atoms in total. The average Bonchev–Trinajstić information content (AvgIpc) is 3.36. The van der Waals surface area contributed by atoms with E-state index in [1.807, 2.05) is 0 Å². The summed E-state index contributed by atoms with van der Waals surface area (Å²) < 4.78 is 28.3. The van der Waals surface area contributed by atoms with Crippen molar-refractivity contribution in [3.05, 3.63) is 0 Å². The molecule has 1 heterocycles. The van der Waals surface area contributed by atoms with Crippen molar-refractivity contribution >= 4 is 14.1 Å². The molecule has 0 aromatic rings. The topological polar surface area (TPSA) is 86.5 Å². The first kappa shape index (κ1) is 32.6. The number of carbonyl (C=O) groups excluding carboxylic acids is 1. The first-order valence-corrected chi connectivity index (χ1v) is 16.2. The van der Waals surface area contributed by atoms with Gasteiger partial charge in [-0.25, -0.2) is 0 Å². The zero-order chi connectivity index (χ0) is 25.6. The standard InChI is InChI=1S/C27H54NO6P/c1-3-4-5-6-7-8-9-10-11-12-13-14-17-26(2)22-32-23-27(33-25-29)24-34-35(30,31)21-20-28-18-15-16-19-28/h25-27H,3-24H2,1-2H3,(H,30,31)/p+1. The SMILES string of the molecule is CCCCCCCCCCCCCCC(C)COCC(COP(=O)(O)CC[NH+]1CCCC1)OC=O. The summed E-state index contributed by atoms with van der Waals surface area (Å²) in [5.41, 5.74) is 0. The molecular weight excluding hydrogens is 465 g/mol. The van der Waals surface area contributed by atoms with E-state index in [1.54, 1.807) is 0 Å². The van der Waals surface area contributed by atoms with Crippen LogP contribution in [-0.2, 0) is 23.4 Å². The summed E-state index contributed by atoms with van der Waals surface area (Å²) in [5.74, 6) is 0.434. The van der Waals surface area contributed by atoms with Crippen LogP contribution in [0.15, 0.2) is 0 Å². The molecule has 0 aliphatic carbocycles. The van der Waals surface area contributed by atoms with Gasteiger partial charge >= 0.3 is 7.60 Å². The number of hydrogen-bond acceptors (Lipinski definition) is 5. The molecule has 8 heteroatoms. The molecule has 0 radical (unpaired) electrons. The Labute approximate surface area is 215 Å². The van der Waals surface area contributed by atoms with Crippen LogP contribution in [0.5, 0.6) is 0 Å². The molecule has 1 aliphatic rings. The lowest BCUT2D eigenvalue weighted by molar-refractivity contribution is -0.884. The Morgan fingerprint density at radius 3 is 2.03 bits per heavy atom. The van der Waals surface area contributed by atoms with E-state index in [0.717, 1.165) is 19.5 Å². The van der Waals surface area contributed by atoms with Gasteiger partial charge in [0.2, 0.25) is 0 Å².